The Labute approximate surface area is 101 Å². The topological polar surface area (TPSA) is 92.9 Å². The number of piperidine rings is 1. The molecule has 1 heterocycles. The van der Waals surface area contributed by atoms with E-state index in [1.165, 1.54) is 4.90 Å². The van der Waals surface area contributed by atoms with Crippen molar-refractivity contribution < 1.29 is 19.4 Å². The normalized spacial score (nSPS) is 25.5. The molecule has 3 N–H and O–H groups in total. The molecule has 1 amide bonds. The Balaban J connectivity index is 2.62. The summed E-state index contributed by atoms with van der Waals surface area (Å²) < 4.78 is 5.19. The lowest BCUT2D eigenvalue weighted by molar-refractivity contribution is -0.144. The lowest BCUT2D eigenvalue weighted by Crippen LogP contribution is -2.52. The number of hydrogen-bond acceptors (Lipinski definition) is 4. The number of amides is 1. The fourth-order valence-electron chi connectivity index (χ4n) is 1.72. The molecule has 17 heavy (non-hydrogen) atoms. The quantitative estimate of drug-likeness (QED) is 0.706. The number of carbonyl (C=O) groups is 2. The molecule has 1 unspecified atom stereocenters. The van der Waals surface area contributed by atoms with Crippen molar-refractivity contribution in [2.45, 2.75) is 38.8 Å². The molecular formula is C11H20N2O4. The summed E-state index contributed by atoms with van der Waals surface area (Å²) in [5, 5.41) is 8.98. The predicted octanol–water partition coefficient (Wildman–Crippen LogP) is 0.655. The molecule has 0 aromatic rings. The molecule has 98 valence electrons. The maximum atomic E-state index is 11.8. The minimum absolute atomic E-state index is 0.116. The first kappa shape index (κ1) is 13.8. The molecule has 1 aliphatic rings. The second kappa shape index (κ2) is 4.91. The number of hydrogen-bond donors (Lipinski definition) is 2. The number of rotatable bonds is 1. The third-order valence-corrected chi connectivity index (χ3v) is 2.64. The molecule has 6 nitrogen and oxygen atoms in total. The van der Waals surface area contributed by atoms with Gasteiger partial charge >= 0.3 is 12.1 Å². The van der Waals surface area contributed by atoms with E-state index in [0.717, 1.165) is 0 Å². The minimum atomic E-state index is -0.967. The van der Waals surface area contributed by atoms with Crippen LogP contribution in [0.2, 0.25) is 0 Å². The lowest BCUT2D eigenvalue weighted by Gasteiger charge is -2.35. The first-order valence-corrected chi connectivity index (χ1v) is 5.67. The number of carbonyl (C=O) groups excluding carboxylic acids is 1. The van der Waals surface area contributed by atoms with Gasteiger partial charge in [0.05, 0.1) is 5.92 Å². The van der Waals surface area contributed by atoms with Gasteiger partial charge in [-0.15, -0.1) is 0 Å². The molecule has 6 heteroatoms. The second-order valence-corrected chi connectivity index (χ2v) is 5.32. The van der Waals surface area contributed by atoms with Crippen LogP contribution >= 0.6 is 0 Å². The Bertz CT molecular complexity index is 311. The second-order valence-electron chi connectivity index (χ2n) is 5.32. The van der Waals surface area contributed by atoms with Gasteiger partial charge in [0.15, 0.2) is 0 Å². The van der Waals surface area contributed by atoms with E-state index in [4.69, 9.17) is 15.6 Å². The molecule has 0 saturated carbocycles. The zero-order valence-corrected chi connectivity index (χ0v) is 10.5. The van der Waals surface area contributed by atoms with E-state index in [0.29, 0.717) is 13.0 Å². The van der Waals surface area contributed by atoms with E-state index in [1.54, 1.807) is 20.8 Å². The van der Waals surface area contributed by atoms with Crippen LogP contribution in [0.15, 0.2) is 0 Å². The SMILES string of the molecule is CC(C)(C)OC(=O)N1CC[C@H](N)C(C(=O)O)C1. The average Bonchev–Trinajstić information content (AvgIpc) is 2.14. The Hall–Kier alpha value is -1.30. The monoisotopic (exact) mass is 244 g/mol. The molecule has 1 aliphatic heterocycles. The highest BCUT2D eigenvalue weighted by atomic mass is 16.6. The highest BCUT2D eigenvalue weighted by molar-refractivity contribution is 5.74. The number of ether oxygens (including phenoxy) is 1. The summed E-state index contributed by atoms with van der Waals surface area (Å²) in [6.45, 7) is 5.88. The molecule has 0 aromatic heterocycles. The van der Waals surface area contributed by atoms with Gasteiger partial charge in [0.2, 0.25) is 0 Å². The largest absolute Gasteiger partial charge is 0.481 e. The summed E-state index contributed by atoms with van der Waals surface area (Å²) in [6.07, 6.45) is 0.00610. The van der Waals surface area contributed by atoms with Crippen LogP contribution < -0.4 is 5.73 Å². The number of nitrogens with two attached hydrogens (primary N) is 1. The van der Waals surface area contributed by atoms with Crippen molar-refractivity contribution in [2.75, 3.05) is 13.1 Å². The summed E-state index contributed by atoms with van der Waals surface area (Å²) in [7, 11) is 0. The molecule has 0 radical (unpaired) electrons. The van der Waals surface area contributed by atoms with Crippen LogP contribution in [0.1, 0.15) is 27.2 Å². The molecule has 2 atom stereocenters. The summed E-state index contributed by atoms with van der Waals surface area (Å²) in [6, 6.07) is -0.397. The minimum Gasteiger partial charge on any atom is -0.481 e. The smallest absolute Gasteiger partial charge is 0.410 e. The standard InChI is InChI=1S/C11H20N2O4/c1-11(2,3)17-10(16)13-5-4-8(12)7(6-13)9(14)15/h7-8H,4-6,12H2,1-3H3,(H,14,15)/t7?,8-/m0/s1. The van der Waals surface area contributed by atoms with Crippen molar-refractivity contribution in [3.63, 3.8) is 0 Å². The number of likely N-dealkylation sites (tertiary alicyclic amines) is 1. The maximum absolute atomic E-state index is 11.8. The van der Waals surface area contributed by atoms with E-state index < -0.39 is 29.6 Å². The van der Waals surface area contributed by atoms with Crippen molar-refractivity contribution in [1.29, 1.82) is 0 Å². The van der Waals surface area contributed by atoms with Gasteiger partial charge in [-0.25, -0.2) is 4.79 Å². The third kappa shape index (κ3) is 3.89. The summed E-state index contributed by atoms with van der Waals surface area (Å²) in [5.41, 5.74) is 5.14. The Morgan fingerprint density at radius 2 is 2.00 bits per heavy atom. The van der Waals surface area contributed by atoms with Crippen molar-refractivity contribution in [3.8, 4) is 0 Å². The van der Waals surface area contributed by atoms with Gasteiger partial charge in [0.1, 0.15) is 5.60 Å². The maximum Gasteiger partial charge on any atom is 0.410 e. The van der Waals surface area contributed by atoms with E-state index in [9.17, 15) is 9.59 Å². The zero-order valence-electron chi connectivity index (χ0n) is 10.5. The molecule has 0 bridgehead atoms. The van der Waals surface area contributed by atoms with Crippen LogP contribution in [0.3, 0.4) is 0 Å². The predicted molar refractivity (Wildman–Crippen MR) is 61.5 cm³/mol. The van der Waals surface area contributed by atoms with Gasteiger partial charge in [0.25, 0.3) is 0 Å². The van der Waals surface area contributed by atoms with Crippen LogP contribution in [0, 0.1) is 5.92 Å². The van der Waals surface area contributed by atoms with Crippen LogP contribution in [0.4, 0.5) is 4.79 Å². The van der Waals surface area contributed by atoms with E-state index in [-0.39, 0.29) is 6.54 Å². The van der Waals surface area contributed by atoms with E-state index in [2.05, 4.69) is 0 Å². The molecule has 1 fully saturated rings. The number of carboxylic acids is 1. The summed E-state index contributed by atoms with van der Waals surface area (Å²) in [5.74, 6) is -1.68. The van der Waals surface area contributed by atoms with E-state index >= 15 is 0 Å². The third-order valence-electron chi connectivity index (χ3n) is 2.64. The van der Waals surface area contributed by atoms with E-state index in [1.807, 2.05) is 0 Å². The fraction of sp³-hybridized carbons (Fsp3) is 0.818. The summed E-state index contributed by atoms with van der Waals surface area (Å²) >= 11 is 0. The molecule has 1 saturated heterocycles. The number of nitrogens with zero attached hydrogens (tertiary/aromatic N) is 1. The zero-order chi connectivity index (χ0) is 13.2. The van der Waals surface area contributed by atoms with Gasteiger partial charge in [-0.05, 0) is 27.2 Å². The summed E-state index contributed by atoms with van der Waals surface area (Å²) in [4.78, 5) is 24.1. The molecule has 0 spiro atoms. The van der Waals surface area contributed by atoms with Crippen LogP contribution in [-0.4, -0.2) is 46.8 Å². The average molecular weight is 244 g/mol. The van der Waals surface area contributed by atoms with Crippen LogP contribution in [0.25, 0.3) is 0 Å². The van der Waals surface area contributed by atoms with Gasteiger partial charge < -0.3 is 20.5 Å². The number of aliphatic carboxylic acids is 1. The van der Waals surface area contributed by atoms with Gasteiger partial charge in [-0.3, -0.25) is 4.79 Å². The Morgan fingerprint density at radius 1 is 1.41 bits per heavy atom. The van der Waals surface area contributed by atoms with Crippen molar-refractivity contribution >= 4 is 12.1 Å². The van der Waals surface area contributed by atoms with Crippen LogP contribution in [-0.2, 0) is 9.53 Å². The van der Waals surface area contributed by atoms with Crippen molar-refractivity contribution in [2.24, 2.45) is 11.7 Å². The highest BCUT2D eigenvalue weighted by Gasteiger charge is 2.35. The highest BCUT2D eigenvalue weighted by Crippen LogP contribution is 2.18. The lowest BCUT2D eigenvalue weighted by atomic mass is 9.93. The number of carboxylic acid groups (broad SMARTS) is 1. The van der Waals surface area contributed by atoms with Crippen LogP contribution in [0.5, 0.6) is 0 Å². The first-order valence-electron chi connectivity index (χ1n) is 5.67. The molecular weight excluding hydrogens is 224 g/mol. The van der Waals surface area contributed by atoms with Crippen molar-refractivity contribution in [3.05, 3.63) is 0 Å². The van der Waals surface area contributed by atoms with Gasteiger partial charge in [-0.2, -0.15) is 0 Å². The van der Waals surface area contributed by atoms with Crippen molar-refractivity contribution in [1.82, 2.24) is 4.90 Å². The fourth-order valence-corrected chi connectivity index (χ4v) is 1.72. The Morgan fingerprint density at radius 3 is 2.47 bits per heavy atom. The van der Waals surface area contributed by atoms with Gasteiger partial charge in [-0.1, -0.05) is 0 Å². The molecule has 1 rings (SSSR count). The van der Waals surface area contributed by atoms with Gasteiger partial charge in [0, 0.05) is 19.1 Å². The molecule has 0 aliphatic carbocycles. The molecule has 0 aromatic carbocycles. The Kier molecular flexibility index (Phi) is 3.98. The first-order chi connectivity index (χ1) is 7.70.